The van der Waals surface area contributed by atoms with Crippen molar-refractivity contribution in [3.63, 3.8) is 0 Å². The van der Waals surface area contributed by atoms with Crippen LogP contribution in [0.5, 0.6) is 0 Å². The van der Waals surface area contributed by atoms with Crippen LogP contribution in [0.25, 0.3) is 0 Å². The minimum Gasteiger partial charge on any atom is -0.333 e. The molecule has 7 heteroatoms. The van der Waals surface area contributed by atoms with E-state index in [4.69, 9.17) is 0 Å². The van der Waals surface area contributed by atoms with Crippen molar-refractivity contribution in [3.05, 3.63) is 30.1 Å². The first-order chi connectivity index (χ1) is 11.5. The number of hydrogen-bond donors (Lipinski definition) is 0. The van der Waals surface area contributed by atoms with E-state index < -0.39 is 10.0 Å². The maximum absolute atomic E-state index is 12.4. The second-order valence-electron chi connectivity index (χ2n) is 7.20. The highest BCUT2D eigenvalue weighted by molar-refractivity contribution is 7.90. The summed E-state index contributed by atoms with van der Waals surface area (Å²) in [4.78, 5) is 18.4. The van der Waals surface area contributed by atoms with E-state index in [2.05, 4.69) is 4.98 Å². The van der Waals surface area contributed by atoms with Crippen molar-refractivity contribution < 1.29 is 13.2 Å². The van der Waals surface area contributed by atoms with Crippen LogP contribution in [-0.2, 0) is 21.4 Å². The molecule has 1 aliphatic carbocycles. The molecule has 2 saturated heterocycles. The number of amides is 1. The molecule has 6 nitrogen and oxygen atoms in total. The maximum atomic E-state index is 12.4. The number of pyridine rings is 1. The molecule has 0 unspecified atom stereocenters. The number of piperidine rings is 1. The van der Waals surface area contributed by atoms with Crippen LogP contribution in [-0.4, -0.2) is 52.4 Å². The van der Waals surface area contributed by atoms with E-state index in [1.165, 1.54) is 0 Å². The fourth-order valence-electron chi connectivity index (χ4n) is 4.05. The Balaban J connectivity index is 1.49. The molecule has 0 N–H and O–H groups in total. The van der Waals surface area contributed by atoms with Gasteiger partial charge in [-0.15, -0.1) is 0 Å². The number of aromatic nitrogens is 1. The summed E-state index contributed by atoms with van der Waals surface area (Å²) in [5.41, 5.74) is 0.906. The molecule has 1 saturated carbocycles. The zero-order valence-electron chi connectivity index (χ0n) is 13.7. The van der Waals surface area contributed by atoms with Crippen LogP contribution >= 0.6 is 0 Å². The molecule has 0 bridgehead atoms. The molecular weight excluding hydrogens is 326 g/mol. The van der Waals surface area contributed by atoms with Gasteiger partial charge in [0.05, 0.1) is 5.25 Å². The van der Waals surface area contributed by atoms with E-state index in [0.717, 1.165) is 37.7 Å². The number of carbonyl (C=O) groups is 1. The lowest BCUT2D eigenvalue weighted by atomic mass is 9.85. The van der Waals surface area contributed by atoms with Crippen molar-refractivity contribution in [2.75, 3.05) is 13.1 Å². The van der Waals surface area contributed by atoms with Crippen molar-refractivity contribution in [1.29, 1.82) is 0 Å². The van der Waals surface area contributed by atoms with Crippen LogP contribution in [0.1, 0.15) is 44.1 Å². The van der Waals surface area contributed by atoms with E-state index in [1.54, 1.807) is 16.7 Å². The third-order valence-corrected chi connectivity index (χ3v) is 8.13. The molecule has 3 fully saturated rings. The Hall–Kier alpha value is -1.47. The molecule has 2 aliphatic heterocycles. The Labute approximate surface area is 142 Å². The number of sulfonamides is 1. The third-order valence-electron chi connectivity index (χ3n) is 5.73. The van der Waals surface area contributed by atoms with Crippen LogP contribution in [0.2, 0.25) is 0 Å². The number of likely N-dealkylation sites (tertiary alicyclic amines) is 1. The van der Waals surface area contributed by atoms with Crippen LogP contribution in [0, 0.1) is 0 Å². The molecule has 0 aromatic carbocycles. The van der Waals surface area contributed by atoms with Gasteiger partial charge in [0.25, 0.3) is 0 Å². The topological polar surface area (TPSA) is 70.6 Å². The van der Waals surface area contributed by atoms with Crippen molar-refractivity contribution in [3.8, 4) is 0 Å². The summed E-state index contributed by atoms with van der Waals surface area (Å²) in [6.45, 7) is 1.68. The Morgan fingerprint density at radius 1 is 1.12 bits per heavy atom. The smallest absolute Gasteiger partial charge is 0.223 e. The fraction of sp³-hybridized carbons (Fsp3) is 0.647. The second-order valence-corrected chi connectivity index (χ2v) is 9.42. The van der Waals surface area contributed by atoms with Gasteiger partial charge in [-0.1, -0.05) is 0 Å². The van der Waals surface area contributed by atoms with E-state index in [1.807, 2.05) is 17.0 Å². The van der Waals surface area contributed by atoms with Gasteiger partial charge in [0.15, 0.2) is 0 Å². The van der Waals surface area contributed by atoms with Crippen molar-refractivity contribution in [2.45, 2.75) is 55.9 Å². The highest BCUT2D eigenvalue weighted by Crippen LogP contribution is 2.42. The molecule has 24 heavy (non-hydrogen) atoms. The summed E-state index contributed by atoms with van der Waals surface area (Å²) in [7, 11) is -3.10. The predicted molar refractivity (Wildman–Crippen MR) is 89.5 cm³/mol. The largest absolute Gasteiger partial charge is 0.333 e. The maximum Gasteiger partial charge on any atom is 0.223 e. The lowest BCUT2D eigenvalue weighted by Crippen LogP contribution is -2.54. The number of rotatable bonds is 4. The first kappa shape index (κ1) is 16.0. The average molecular weight is 349 g/mol. The van der Waals surface area contributed by atoms with Crippen LogP contribution in [0.15, 0.2) is 24.5 Å². The molecule has 130 valence electrons. The fourth-order valence-corrected chi connectivity index (χ4v) is 5.90. The van der Waals surface area contributed by atoms with Gasteiger partial charge < -0.3 is 4.90 Å². The van der Waals surface area contributed by atoms with Crippen molar-refractivity contribution >= 4 is 15.9 Å². The van der Waals surface area contributed by atoms with E-state index in [9.17, 15) is 13.2 Å². The molecule has 1 aromatic heterocycles. The lowest BCUT2D eigenvalue weighted by Gasteiger charge is -2.44. The van der Waals surface area contributed by atoms with Crippen molar-refractivity contribution in [1.82, 2.24) is 14.2 Å². The quantitative estimate of drug-likeness (QED) is 0.826. The minimum absolute atomic E-state index is 0.148. The standard InChI is InChI=1S/C17H23N3O3S/c21-16-3-6-17(20(16)13-14-4-9-18-10-5-14)7-11-19(12-8-17)24(22,23)15-1-2-15/h4-5,9-10,15H,1-3,6-8,11-13H2. The monoisotopic (exact) mass is 349 g/mol. The first-order valence-corrected chi connectivity index (χ1v) is 10.2. The Morgan fingerprint density at radius 3 is 2.42 bits per heavy atom. The number of carbonyl (C=O) groups excluding carboxylic acids is 1. The highest BCUT2D eigenvalue weighted by atomic mass is 32.2. The normalized spacial score (nSPS) is 24.7. The highest BCUT2D eigenvalue weighted by Gasteiger charge is 2.49. The zero-order chi connectivity index (χ0) is 16.8. The van der Waals surface area contributed by atoms with Gasteiger partial charge in [-0.2, -0.15) is 0 Å². The predicted octanol–water partition coefficient (Wildman–Crippen LogP) is 1.53. The molecule has 0 radical (unpaired) electrons. The van der Waals surface area contributed by atoms with Gasteiger partial charge in [0.2, 0.25) is 15.9 Å². The Kier molecular flexibility index (Phi) is 3.88. The van der Waals surface area contributed by atoms with Gasteiger partial charge in [0, 0.05) is 44.0 Å². The SMILES string of the molecule is O=C1CCC2(CCN(S(=O)(=O)C3CC3)CC2)N1Cc1ccncc1. The number of nitrogens with zero attached hydrogens (tertiary/aromatic N) is 3. The molecule has 4 rings (SSSR count). The molecular formula is C17H23N3O3S. The van der Waals surface area contributed by atoms with Crippen LogP contribution in [0.4, 0.5) is 0 Å². The number of hydrogen-bond acceptors (Lipinski definition) is 4. The van der Waals surface area contributed by atoms with Gasteiger partial charge >= 0.3 is 0 Å². The zero-order valence-corrected chi connectivity index (χ0v) is 14.5. The molecule has 3 aliphatic rings. The summed E-state index contributed by atoms with van der Waals surface area (Å²) < 4.78 is 26.5. The van der Waals surface area contributed by atoms with Gasteiger partial charge in [-0.05, 0) is 49.8 Å². The molecule has 1 spiro atoms. The molecule has 1 aromatic rings. The third kappa shape index (κ3) is 2.73. The van der Waals surface area contributed by atoms with Gasteiger partial charge in [-0.25, -0.2) is 12.7 Å². The van der Waals surface area contributed by atoms with Gasteiger partial charge in [0.1, 0.15) is 0 Å². The van der Waals surface area contributed by atoms with E-state index in [-0.39, 0.29) is 16.7 Å². The van der Waals surface area contributed by atoms with E-state index in [0.29, 0.717) is 26.1 Å². The van der Waals surface area contributed by atoms with Gasteiger partial charge in [-0.3, -0.25) is 9.78 Å². The summed E-state index contributed by atoms with van der Waals surface area (Å²) >= 11 is 0. The summed E-state index contributed by atoms with van der Waals surface area (Å²) in [6, 6.07) is 3.87. The molecule has 1 amide bonds. The molecule has 3 heterocycles. The van der Waals surface area contributed by atoms with Crippen molar-refractivity contribution in [2.24, 2.45) is 0 Å². The summed E-state index contributed by atoms with van der Waals surface area (Å²) in [6.07, 6.45) is 7.99. The lowest BCUT2D eigenvalue weighted by molar-refractivity contribution is -0.133. The first-order valence-electron chi connectivity index (χ1n) is 8.70. The Bertz CT molecular complexity index is 723. The van der Waals surface area contributed by atoms with Crippen LogP contribution < -0.4 is 0 Å². The van der Waals surface area contributed by atoms with E-state index >= 15 is 0 Å². The average Bonchev–Trinajstić information content (AvgIpc) is 3.41. The Morgan fingerprint density at radius 2 is 1.79 bits per heavy atom. The summed E-state index contributed by atoms with van der Waals surface area (Å²) in [5.74, 6) is 0.185. The molecule has 0 atom stereocenters. The second kappa shape index (κ2) is 5.81. The summed E-state index contributed by atoms with van der Waals surface area (Å²) in [5, 5.41) is -0.148. The minimum atomic E-state index is -3.10. The van der Waals surface area contributed by atoms with Crippen LogP contribution in [0.3, 0.4) is 0 Å².